The fraction of sp³-hybridized carbons (Fsp3) is 0.538. The van der Waals surface area contributed by atoms with Crippen LogP contribution in [-0.2, 0) is 12.8 Å². The van der Waals surface area contributed by atoms with Crippen LogP contribution < -0.4 is 10.1 Å². The molecule has 86 valence electrons. The number of aryl methyl sites for hydroxylation is 1. The Balaban J connectivity index is 1.82. The summed E-state index contributed by atoms with van der Waals surface area (Å²) in [6.07, 6.45) is 3.03. The first-order chi connectivity index (χ1) is 7.84. The Labute approximate surface area is 95.4 Å². The van der Waals surface area contributed by atoms with E-state index >= 15 is 0 Å². The van der Waals surface area contributed by atoms with E-state index in [1.807, 2.05) is 12.1 Å². The number of hydrogen-bond acceptors (Lipinski definition) is 3. The average Bonchev–Trinajstić information content (AvgIpc) is 2.89. The zero-order valence-corrected chi connectivity index (χ0v) is 9.28. The van der Waals surface area contributed by atoms with E-state index in [4.69, 9.17) is 4.74 Å². The smallest absolute Gasteiger partial charge is 0.138 e. The third-order valence-corrected chi connectivity index (χ3v) is 3.51. The van der Waals surface area contributed by atoms with E-state index in [2.05, 4.69) is 11.4 Å². The molecule has 1 aromatic rings. The van der Waals surface area contributed by atoms with E-state index in [1.54, 1.807) is 0 Å². The van der Waals surface area contributed by atoms with Gasteiger partial charge in [-0.25, -0.2) is 0 Å². The van der Waals surface area contributed by atoms with Crippen LogP contribution in [0, 0.1) is 0 Å². The zero-order chi connectivity index (χ0) is 11.0. The van der Waals surface area contributed by atoms with Gasteiger partial charge in [0.15, 0.2) is 0 Å². The van der Waals surface area contributed by atoms with Crippen LogP contribution in [0.2, 0.25) is 0 Å². The van der Waals surface area contributed by atoms with Crippen molar-refractivity contribution in [3.8, 4) is 5.75 Å². The van der Waals surface area contributed by atoms with Crippen molar-refractivity contribution in [2.75, 3.05) is 13.1 Å². The SMILES string of the molecule is OC1CNCC1Oc1cccc2c1CCC2. The van der Waals surface area contributed by atoms with Gasteiger partial charge in [-0.2, -0.15) is 0 Å². The largest absolute Gasteiger partial charge is 0.486 e. The standard InChI is InChI=1S/C13H17NO2/c15-11-7-14-8-13(11)16-12-6-2-4-9-3-1-5-10(9)12/h2,4,6,11,13-15H,1,3,5,7-8H2. The summed E-state index contributed by atoms with van der Waals surface area (Å²) in [6, 6.07) is 6.25. The van der Waals surface area contributed by atoms with Gasteiger partial charge in [-0.05, 0) is 36.5 Å². The number of benzene rings is 1. The molecule has 0 aromatic heterocycles. The summed E-state index contributed by atoms with van der Waals surface area (Å²) in [6.45, 7) is 1.38. The van der Waals surface area contributed by atoms with E-state index in [1.165, 1.54) is 17.5 Å². The van der Waals surface area contributed by atoms with E-state index in [-0.39, 0.29) is 12.2 Å². The molecule has 1 aliphatic carbocycles. The van der Waals surface area contributed by atoms with E-state index < -0.39 is 0 Å². The molecular weight excluding hydrogens is 202 g/mol. The molecule has 16 heavy (non-hydrogen) atoms. The number of aliphatic hydroxyl groups is 1. The number of hydrogen-bond donors (Lipinski definition) is 2. The second kappa shape index (κ2) is 4.07. The van der Waals surface area contributed by atoms with Gasteiger partial charge in [-0.1, -0.05) is 12.1 Å². The Morgan fingerprint density at radius 2 is 2.19 bits per heavy atom. The summed E-state index contributed by atoms with van der Waals surface area (Å²) < 4.78 is 5.92. The van der Waals surface area contributed by atoms with Gasteiger partial charge in [0.2, 0.25) is 0 Å². The molecule has 1 heterocycles. The molecule has 3 heteroatoms. The molecule has 1 aliphatic heterocycles. The van der Waals surface area contributed by atoms with Crippen LogP contribution in [-0.4, -0.2) is 30.4 Å². The molecule has 3 nitrogen and oxygen atoms in total. The summed E-state index contributed by atoms with van der Waals surface area (Å²) in [4.78, 5) is 0. The predicted molar refractivity (Wildman–Crippen MR) is 61.8 cm³/mol. The van der Waals surface area contributed by atoms with Gasteiger partial charge in [-0.15, -0.1) is 0 Å². The first kappa shape index (κ1) is 10.1. The molecule has 0 bridgehead atoms. The minimum absolute atomic E-state index is 0.0906. The van der Waals surface area contributed by atoms with Crippen LogP contribution in [0.1, 0.15) is 17.5 Å². The number of ether oxygens (including phenoxy) is 1. The second-order valence-electron chi connectivity index (χ2n) is 4.63. The lowest BCUT2D eigenvalue weighted by Gasteiger charge is -2.18. The van der Waals surface area contributed by atoms with Gasteiger partial charge < -0.3 is 15.2 Å². The zero-order valence-electron chi connectivity index (χ0n) is 9.28. The lowest BCUT2D eigenvalue weighted by Crippen LogP contribution is -2.30. The number of fused-ring (bicyclic) bond motifs is 1. The highest BCUT2D eigenvalue weighted by Gasteiger charge is 2.28. The van der Waals surface area contributed by atoms with Crippen LogP contribution in [0.3, 0.4) is 0 Å². The second-order valence-corrected chi connectivity index (χ2v) is 4.63. The van der Waals surface area contributed by atoms with Gasteiger partial charge in [0.05, 0.1) is 0 Å². The van der Waals surface area contributed by atoms with Gasteiger partial charge in [0, 0.05) is 13.1 Å². The van der Waals surface area contributed by atoms with Crippen LogP contribution in [0.25, 0.3) is 0 Å². The van der Waals surface area contributed by atoms with Gasteiger partial charge >= 0.3 is 0 Å². The van der Waals surface area contributed by atoms with Crippen LogP contribution in [0.4, 0.5) is 0 Å². The average molecular weight is 219 g/mol. The molecule has 0 amide bonds. The minimum atomic E-state index is -0.378. The van der Waals surface area contributed by atoms with Crippen molar-refractivity contribution < 1.29 is 9.84 Å². The Kier molecular flexibility index (Phi) is 2.58. The summed E-state index contributed by atoms with van der Waals surface area (Å²) in [7, 11) is 0. The number of nitrogens with one attached hydrogen (secondary N) is 1. The van der Waals surface area contributed by atoms with Crippen molar-refractivity contribution >= 4 is 0 Å². The van der Waals surface area contributed by atoms with Crippen LogP contribution in [0.5, 0.6) is 5.75 Å². The molecule has 1 aromatic carbocycles. The summed E-state index contributed by atoms with van der Waals surface area (Å²) >= 11 is 0. The lowest BCUT2D eigenvalue weighted by atomic mass is 10.1. The molecule has 2 N–H and O–H groups in total. The molecule has 0 radical (unpaired) electrons. The number of β-amino-alcohol motifs (C(OH)–C–C–N with tert-alkyl or cyclic N) is 1. The predicted octanol–water partition coefficient (Wildman–Crippen LogP) is 0.887. The first-order valence-corrected chi connectivity index (χ1v) is 6.01. The minimum Gasteiger partial charge on any atom is -0.486 e. The normalized spacial score (nSPS) is 28.1. The maximum atomic E-state index is 9.71. The van der Waals surface area contributed by atoms with Crippen molar-refractivity contribution in [1.29, 1.82) is 0 Å². The van der Waals surface area contributed by atoms with Crippen LogP contribution >= 0.6 is 0 Å². The quantitative estimate of drug-likeness (QED) is 0.776. The highest BCUT2D eigenvalue weighted by atomic mass is 16.5. The van der Waals surface area contributed by atoms with Gasteiger partial charge in [-0.3, -0.25) is 0 Å². The third-order valence-electron chi connectivity index (χ3n) is 3.51. The fourth-order valence-corrected chi connectivity index (χ4v) is 2.62. The van der Waals surface area contributed by atoms with Gasteiger partial charge in [0.1, 0.15) is 18.0 Å². The van der Waals surface area contributed by atoms with E-state index in [0.717, 1.165) is 25.1 Å². The van der Waals surface area contributed by atoms with Crippen molar-refractivity contribution in [3.05, 3.63) is 29.3 Å². The molecule has 2 atom stereocenters. The Morgan fingerprint density at radius 1 is 1.25 bits per heavy atom. The molecule has 2 unspecified atom stereocenters. The molecular formula is C13H17NO2. The summed E-state index contributed by atoms with van der Waals surface area (Å²) in [5, 5.41) is 12.8. The Bertz CT molecular complexity index is 392. The Morgan fingerprint density at radius 3 is 3.00 bits per heavy atom. The monoisotopic (exact) mass is 219 g/mol. The summed E-state index contributed by atoms with van der Waals surface area (Å²) in [5.41, 5.74) is 2.76. The van der Waals surface area contributed by atoms with E-state index in [0.29, 0.717) is 6.54 Å². The molecule has 0 spiro atoms. The van der Waals surface area contributed by atoms with E-state index in [9.17, 15) is 5.11 Å². The van der Waals surface area contributed by atoms with Crippen LogP contribution in [0.15, 0.2) is 18.2 Å². The molecule has 0 saturated carbocycles. The Hall–Kier alpha value is -1.06. The highest BCUT2D eigenvalue weighted by molar-refractivity contribution is 5.43. The maximum absolute atomic E-state index is 9.71. The third kappa shape index (κ3) is 1.70. The first-order valence-electron chi connectivity index (χ1n) is 6.01. The highest BCUT2D eigenvalue weighted by Crippen LogP contribution is 2.31. The lowest BCUT2D eigenvalue weighted by molar-refractivity contribution is 0.0732. The van der Waals surface area contributed by atoms with Crippen molar-refractivity contribution in [2.45, 2.75) is 31.5 Å². The molecule has 3 rings (SSSR count). The van der Waals surface area contributed by atoms with Crippen molar-refractivity contribution in [3.63, 3.8) is 0 Å². The topological polar surface area (TPSA) is 41.5 Å². The maximum Gasteiger partial charge on any atom is 0.138 e. The van der Waals surface area contributed by atoms with Gasteiger partial charge in [0.25, 0.3) is 0 Å². The molecule has 2 aliphatic rings. The molecule has 1 saturated heterocycles. The van der Waals surface area contributed by atoms with Crippen molar-refractivity contribution in [2.24, 2.45) is 0 Å². The van der Waals surface area contributed by atoms with Crippen molar-refractivity contribution in [1.82, 2.24) is 5.32 Å². The number of rotatable bonds is 2. The summed E-state index contributed by atoms with van der Waals surface area (Å²) in [5.74, 6) is 0.975. The molecule has 1 fully saturated rings. The number of aliphatic hydroxyl groups excluding tert-OH is 1. The fourth-order valence-electron chi connectivity index (χ4n) is 2.62.